The summed E-state index contributed by atoms with van der Waals surface area (Å²) in [5, 5.41) is 16.6. The maximum atomic E-state index is 13.7. The summed E-state index contributed by atoms with van der Waals surface area (Å²) >= 11 is 0. The van der Waals surface area contributed by atoms with Crippen molar-refractivity contribution in [3.8, 4) is 0 Å². The minimum Gasteiger partial charge on any atom is -0.386 e. The summed E-state index contributed by atoms with van der Waals surface area (Å²) in [4.78, 5) is 43.3. The Hall–Kier alpha value is -2.27. The standard InChI is InChI=1S/C31H54N4O6/c1-9-20(2)28(34(6)27(37)19-32-5)25(40-7)18-26(36)35-17-13-16-24(35)30(41-8)21(3)31(39)33-22(4)29(38)23-14-11-10-12-15-23/h11,14-15,20-22,24-25,28-30,32,38H,9-10,12-13,16-19H2,1-8H3,(H,33,39)/t20-,21+,22+,24-,25+,28-,29+,30+/m0/s1. The van der Waals surface area contributed by atoms with Crippen molar-refractivity contribution >= 4 is 17.7 Å². The number of likely N-dealkylation sites (N-methyl/N-ethyl adjacent to an activating group) is 2. The molecule has 0 unspecified atom stereocenters. The van der Waals surface area contributed by atoms with E-state index >= 15 is 0 Å². The fourth-order valence-corrected chi connectivity index (χ4v) is 6.18. The Bertz CT molecular complexity index is 924. The quantitative estimate of drug-likeness (QED) is 0.257. The largest absolute Gasteiger partial charge is 0.386 e. The van der Waals surface area contributed by atoms with Crippen LogP contribution in [0.15, 0.2) is 23.8 Å². The summed E-state index contributed by atoms with van der Waals surface area (Å²) in [6, 6.07) is -0.998. The first-order valence-electron chi connectivity index (χ1n) is 15.1. The average molecular weight is 579 g/mol. The molecule has 2 rings (SSSR count). The van der Waals surface area contributed by atoms with E-state index in [1.807, 2.05) is 30.1 Å². The van der Waals surface area contributed by atoms with Crippen LogP contribution in [0.3, 0.4) is 0 Å². The molecule has 2 aliphatic rings. The van der Waals surface area contributed by atoms with E-state index in [0.29, 0.717) is 6.54 Å². The zero-order valence-electron chi connectivity index (χ0n) is 26.4. The van der Waals surface area contributed by atoms with E-state index < -0.39 is 30.3 Å². The number of carbonyl (C=O) groups is 3. The number of likely N-dealkylation sites (tertiary alicyclic amines) is 1. The van der Waals surface area contributed by atoms with Crippen molar-refractivity contribution in [1.82, 2.24) is 20.4 Å². The van der Waals surface area contributed by atoms with Gasteiger partial charge in [0.25, 0.3) is 0 Å². The molecule has 0 aromatic carbocycles. The Morgan fingerprint density at radius 3 is 2.44 bits per heavy atom. The second-order valence-electron chi connectivity index (χ2n) is 11.6. The van der Waals surface area contributed by atoms with Crippen LogP contribution in [0.2, 0.25) is 0 Å². The summed E-state index contributed by atoms with van der Waals surface area (Å²) in [5.41, 5.74) is 0.814. The number of hydrogen-bond donors (Lipinski definition) is 3. The van der Waals surface area contributed by atoms with Gasteiger partial charge in [-0.2, -0.15) is 0 Å². The van der Waals surface area contributed by atoms with E-state index in [1.165, 1.54) is 0 Å². The minimum atomic E-state index is -0.796. The van der Waals surface area contributed by atoms with Gasteiger partial charge in [0.1, 0.15) is 0 Å². The zero-order chi connectivity index (χ0) is 30.7. The van der Waals surface area contributed by atoms with Gasteiger partial charge in [-0.3, -0.25) is 14.4 Å². The minimum absolute atomic E-state index is 0.0548. The molecule has 10 nitrogen and oxygen atoms in total. The Labute approximate surface area is 246 Å². The van der Waals surface area contributed by atoms with Crippen LogP contribution in [0.4, 0.5) is 0 Å². The van der Waals surface area contributed by atoms with Crippen LogP contribution in [0.5, 0.6) is 0 Å². The van der Waals surface area contributed by atoms with E-state index in [1.54, 1.807) is 40.1 Å². The van der Waals surface area contributed by atoms with Crippen molar-refractivity contribution in [1.29, 1.82) is 0 Å². The lowest BCUT2D eigenvalue weighted by atomic mass is 9.90. The number of carbonyl (C=O) groups excluding carboxylic acids is 3. The molecule has 1 aliphatic heterocycles. The van der Waals surface area contributed by atoms with Gasteiger partial charge in [-0.1, -0.05) is 45.4 Å². The van der Waals surface area contributed by atoms with Crippen LogP contribution in [0.1, 0.15) is 66.2 Å². The number of nitrogens with one attached hydrogen (secondary N) is 2. The van der Waals surface area contributed by atoms with Crippen molar-refractivity contribution < 1.29 is 29.0 Å². The predicted octanol–water partition coefficient (Wildman–Crippen LogP) is 2.27. The van der Waals surface area contributed by atoms with Crippen molar-refractivity contribution in [2.24, 2.45) is 11.8 Å². The van der Waals surface area contributed by atoms with Gasteiger partial charge in [-0.25, -0.2) is 0 Å². The summed E-state index contributed by atoms with van der Waals surface area (Å²) in [6.07, 6.45) is 8.49. The molecule has 0 aromatic rings. The number of ether oxygens (including phenoxy) is 2. The van der Waals surface area contributed by atoms with E-state index in [9.17, 15) is 19.5 Å². The molecule has 0 bridgehead atoms. The molecule has 0 saturated carbocycles. The fourth-order valence-electron chi connectivity index (χ4n) is 6.18. The van der Waals surface area contributed by atoms with Crippen molar-refractivity contribution in [3.63, 3.8) is 0 Å². The molecule has 1 fully saturated rings. The molecular weight excluding hydrogens is 524 g/mol. The molecule has 3 N–H and O–H groups in total. The van der Waals surface area contributed by atoms with Crippen LogP contribution < -0.4 is 10.6 Å². The highest BCUT2D eigenvalue weighted by Crippen LogP contribution is 2.29. The molecule has 0 spiro atoms. The summed E-state index contributed by atoms with van der Waals surface area (Å²) < 4.78 is 11.7. The normalized spacial score (nSPS) is 22.2. The SMILES string of the molecule is CC[C@H](C)[C@@H]([C@@H](CC(=O)N1CCC[C@H]1[C@H](OC)[C@@H](C)C(=O)N[C@H](C)[C@@H](O)C1=CCCC=C1)OC)N(C)C(=O)CNC. The highest BCUT2D eigenvalue weighted by molar-refractivity contribution is 5.81. The smallest absolute Gasteiger partial charge is 0.236 e. The first kappa shape index (κ1) is 34.9. The van der Waals surface area contributed by atoms with E-state index in [-0.39, 0.29) is 48.7 Å². The molecule has 1 heterocycles. The molecule has 234 valence electrons. The van der Waals surface area contributed by atoms with Crippen LogP contribution in [0.25, 0.3) is 0 Å². The molecule has 1 aliphatic carbocycles. The number of methoxy groups -OCH3 is 2. The highest BCUT2D eigenvalue weighted by atomic mass is 16.5. The van der Waals surface area contributed by atoms with Gasteiger partial charge < -0.3 is 35.0 Å². The maximum Gasteiger partial charge on any atom is 0.236 e. The monoisotopic (exact) mass is 578 g/mol. The van der Waals surface area contributed by atoms with Gasteiger partial charge in [0.2, 0.25) is 17.7 Å². The predicted molar refractivity (Wildman–Crippen MR) is 160 cm³/mol. The molecule has 3 amide bonds. The van der Waals surface area contributed by atoms with Gasteiger partial charge in [-0.15, -0.1) is 0 Å². The molecule has 10 heteroatoms. The van der Waals surface area contributed by atoms with Gasteiger partial charge in [0.05, 0.1) is 55.3 Å². The number of aliphatic hydroxyl groups is 1. The Morgan fingerprint density at radius 1 is 1.17 bits per heavy atom. The van der Waals surface area contributed by atoms with Gasteiger partial charge in [0.15, 0.2) is 0 Å². The lowest BCUT2D eigenvalue weighted by molar-refractivity contribution is -0.145. The van der Waals surface area contributed by atoms with Crippen molar-refractivity contribution in [3.05, 3.63) is 23.8 Å². The first-order chi connectivity index (χ1) is 19.5. The number of allylic oxidation sites excluding steroid dienone is 2. The van der Waals surface area contributed by atoms with Gasteiger partial charge in [-0.05, 0) is 51.1 Å². The number of amides is 3. The number of aliphatic hydroxyl groups excluding tert-OH is 1. The molecule has 0 radical (unpaired) electrons. The molecule has 0 aromatic heterocycles. The Balaban J connectivity index is 2.13. The van der Waals surface area contributed by atoms with E-state index in [0.717, 1.165) is 37.7 Å². The Kier molecular flexibility index (Phi) is 14.5. The first-order valence-corrected chi connectivity index (χ1v) is 15.1. The summed E-state index contributed by atoms with van der Waals surface area (Å²) in [5.74, 6) is -0.766. The second-order valence-corrected chi connectivity index (χ2v) is 11.6. The summed E-state index contributed by atoms with van der Waals surface area (Å²) in [7, 11) is 6.66. The van der Waals surface area contributed by atoms with Crippen LogP contribution in [0, 0.1) is 11.8 Å². The Morgan fingerprint density at radius 2 is 1.88 bits per heavy atom. The van der Waals surface area contributed by atoms with E-state index in [4.69, 9.17) is 9.47 Å². The zero-order valence-corrected chi connectivity index (χ0v) is 26.4. The number of hydrogen-bond acceptors (Lipinski definition) is 7. The molecule has 41 heavy (non-hydrogen) atoms. The van der Waals surface area contributed by atoms with Crippen LogP contribution in [-0.2, 0) is 23.9 Å². The molecule has 1 saturated heterocycles. The van der Waals surface area contributed by atoms with E-state index in [2.05, 4.69) is 24.5 Å². The van der Waals surface area contributed by atoms with Crippen LogP contribution in [-0.4, -0.2) is 110 Å². The fraction of sp³-hybridized carbons (Fsp3) is 0.774. The second kappa shape index (κ2) is 17.0. The molecule has 8 atom stereocenters. The third-order valence-corrected chi connectivity index (χ3v) is 8.84. The topological polar surface area (TPSA) is 120 Å². The van der Waals surface area contributed by atoms with Crippen molar-refractivity contribution in [2.75, 3.05) is 41.4 Å². The van der Waals surface area contributed by atoms with Gasteiger partial charge in [0, 0.05) is 27.8 Å². The molecular formula is C31H54N4O6. The van der Waals surface area contributed by atoms with Crippen molar-refractivity contribution in [2.45, 2.75) is 103 Å². The van der Waals surface area contributed by atoms with Crippen LogP contribution >= 0.6 is 0 Å². The summed E-state index contributed by atoms with van der Waals surface area (Å²) in [6.45, 7) is 8.53. The maximum absolute atomic E-state index is 13.7. The van der Waals surface area contributed by atoms with Gasteiger partial charge >= 0.3 is 0 Å². The number of nitrogens with zero attached hydrogens (tertiary/aromatic N) is 2. The third-order valence-electron chi connectivity index (χ3n) is 8.84. The lowest BCUT2D eigenvalue weighted by Gasteiger charge is -2.39. The average Bonchev–Trinajstić information content (AvgIpc) is 3.46. The lowest BCUT2D eigenvalue weighted by Crippen LogP contribution is -2.54. The number of rotatable bonds is 16. The highest BCUT2D eigenvalue weighted by Gasteiger charge is 2.42. The third kappa shape index (κ3) is 9.11.